The first-order chi connectivity index (χ1) is 13.2. The highest BCUT2D eigenvalue weighted by Crippen LogP contribution is 2.29. The number of aromatic nitrogens is 2. The Bertz CT molecular complexity index is 1070. The van der Waals surface area contributed by atoms with Crippen molar-refractivity contribution in [2.45, 2.75) is 13.5 Å². The fourth-order valence-corrected chi connectivity index (χ4v) is 3.42. The standard InChI is InChI=1S/C19H17N3O4S/c1-3-22(11-16-20-18(21-26-16)15-8-5-9-27-15)19(23)14-10-12-6-4-7-13(24-2)17(12)25-14/h4-10H,3,11H2,1-2H3. The molecule has 0 aliphatic rings. The van der Waals surface area contributed by atoms with E-state index in [0.717, 1.165) is 10.3 Å². The third-order valence-electron chi connectivity index (χ3n) is 4.14. The summed E-state index contributed by atoms with van der Waals surface area (Å²) in [5.74, 6) is 1.49. The number of fused-ring (bicyclic) bond motifs is 1. The number of furan rings is 1. The zero-order valence-electron chi connectivity index (χ0n) is 14.8. The monoisotopic (exact) mass is 383 g/mol. The van der Waals surface area contributed by atoms with Gasteiger partial charge in [-0.2, -0.15) is 4.98 Å². The van der Waals surface area contributed by atoms with E-state index in [0.29, 0.717) is 29.6 Å². The molecule has 0 fully saturated rings. The van der Waals surface area contributed by atoms with Crippen LogP contribution in [0.4, 0.5) is 0 Å². The first-order valence-electron chi connectivity index (χ1n) is 8.42. The van der Waals surface area contributed by atoms with E-state index in [2.05, 4.69) is 10.1 Å². The van der Waals surface area contributed by atoms with Crippen molar-refractivity contribution in [3.8, 4) is 16.5 Å². The molecule has 0 aliphatic carbocycles. The van der Waals surface area contributed by atoms with Crippen molar-refractivity contribution in [1.82, 2.24) is 15.0 Å². The molecule has 0 bridgehead atoms. The Balaban J connectivity index is 1.56. The minimum Gasteiger partial charge on any atom is -0.493 e. The number of nitrogens with zero attached hydrogens (tertiary/aromatic N) is 3. The Morgan fingerprint density at radius 1 is 1.30 bits per heavy atom. The number of para-hydroxylation sites is 1. The molecule has 4 aromatic rings. The van der Waals surface area contributed by atoms with Crippen LogP contribution in [0.5, 0.6) is 5.75 Å². The number of carbonyl (C=O) groups is 1. The van der Waals surface area contributed by atoms with Gasteiger partial charge in [-0.3, -0.25) is 4.79 Å². The molecule has 0 radical (unpaired) electrons. The van der Waals surface area contributed by atoms with Crippen molar-refractivity contribution < 1.29 is 18.5 Å². The maximum atomic E-state index is 12.9. The van der Waals surface area contributed by atoms with Gasteiger partial charge in [0.2, 0.25) is 11.7 Å². The van der Waals surface area contributed by atoms with Gasteiger partial charge < -0.3 is 18.6 Å². The summed E-state index contributed by atoms with van der Waals surface area (Å²) in [5.41, 5.74) is 0.553. The SMILES string of the molecule is CCN(Cc1nc(-c2cccs2)no1)C(=O)c1cc2cccc(OC)c2o1. The van der Waals surface area contributed by atoms with Gasteiger partial charge in [0.05, 0.1) is 12.0 Å². The van der Waals surface area contributed by atoms with Gasteiger partial charge in [-0.05, 0) is 30.5 Å². The van der Waals surface area contributed by atoms with Gasteiger partial charge >= 0.3 is 0 Å². The Hall–Kier alpha value is -3.13. The molecule has 138 valence electrons. The van der Waals surface area contributed by atoms with E-state index in [4.69, 9.17) is 13.7 Å². The molecule has 0 saturated heterocycles. The summed E-state index contributed by atoms with van der Waals surface area (Å²) in [5, 5.41) is 6.74. The molecule has 1 amide bonds. The van der Waals surface area contributed by atoms with E-state index in [-0.39, 0.29) is 18.2 Å². The number of hydrogen-bond donors (Lipinski definition) is 0. The predicted molar refractivity (Wildman–Crippen MR) is 101 cm³/mol. The summed E-state index contributed by atoms with van der Waals surface area (Å²) < 4.78 is 16.3. The summed E-state index contributed by atoms with van der Waals surface area (Å²) in [6, 6.07) is 11.1. The first-order valence-corrected chi connectivity index (χ1v) is 9.30. The van der Waals surface area contributed by atoms with Gasteiger partial charge in [0.1, 0.15) is 6.54 Å². The molecule has 3 heterocycles. The molecule has 27 heavy (non-hydrogen) atoms. The van der Waals surface area contributed by atoms with E-state index >= 15 is 0 Å². The molecular formula is C19H17N3O4S. The number of ether oxygens (including phenoxy) is 1. The molecule has 7 nitrogen and oxygen atoms in total. The van der Waals surface area contributed by atoms with Gasteiger partial charge in [-0.1, -0.05) is 23.4 Å². The molecule has 4 rings (SSSR count). The molecule has 0 aliphatic heterocycles. The summed E-state index contributed by atoms with van der Waals surface area (Å²) in [7, 11) is 1.57. The van der Waals surface area contributed by atoms with Crippen LogP contribution in [0.1, 0.15) is 23.4 Å². The Morgan fingerprint density at radius 2 is 2.19 bits per heavy atom. The van der Waals surface area contributed by atoms with Crippen molar-refractivity contribution >= 4 is 28.2 Å². The maximum Gasteiger partial charge on any atom is 0.290 e. The number of carbonyl (C=O) groups excluding carboxylic acids is 1. The quantitative estimate of drug-likeness (QED) is 0.496. The fraction of sp³-hybridized carbons (Fsp3) is 0.211. The van der Waals surface area contributed by atoms with Gasteiger partial charge in [-0.15, -0.1) is 11.3 Å². The molecular weight excluding hydrogens is 366 g/mol. The highest BCUT2D eigenvalue weighted by Gasteiger charge is 2.22. The third-order valence-corrected chi connectivity index (χ3v) is 5.01. The number of thiophene rings is 1. The average Bonchev–Trinajstić information content (AvgIpc) is 3.44. The van der Waals surface area contributed by atoms with Crippen molar-refractivity contribution in [3.63, 3.8) is 0 Å². The summed E-state index contributed by atoms with van der Waals surface area (Å²) in [4.78, 5) is 19.8. The number of hydrogen-bond acceptors (Lipinski definition) is 7. The van der Waals surface area contributed by atoms with Gasteiger partial charge in [0, 0.05) is 11.9 Å². The van der Waals surface area contributed by atoms with Crippen molar-refractivity contribution in [2.75, 3.05) is 13.7 Å². The van der Waals surface area contributed by atoms with E-state index in [1.165, 1.54) is 11.3 Å². The van der Waals surface area contributed by atoms with Crippen LogP contribution in [0, 0.1) is 0 Å². The Labute approximate surface area is 159 Å². The fourth-order valence-electron chi connectivity index (χ4n) is 2.77. The summed E-state index contributed by atoms with van der Waals surface area (Å²) in [6.07, 6.45) is 0. The molecule has 0 saturated carbocycles. The highest BCUT2D eigenvalue weighted by molar-refractivity contribution is 7.13. The molecule has 0 unspecified atom stereocenters. The third kappa shape index (κ3) is 3.31. The lowest BCUT2D eigenvalue weighted by atomic mass is 10.2. The first kappa shape index (κ1) is 17.3. The molecule has 0 spiro atoms. The molecule has 1 aromatic carbocycles. The van der Waals surface area contributed by atoms with E-state index in [9.17, 15) is 4.79 Å². The smallest absolute Gasteiger partial charge is 0.290 e. The van der Waals surface area contributed by atoms with Crippen LogP contribution in [0.15, 0.2) is 50.7 Å². The lowest BCUT2D eigenvalue weighted by molar-refractivity contribution is 0.0704. The van der Waals surface area contributed by atoms with Crippen molar-refractivity contribution in [3.05, 3.63) is 53.4 Å². The summed E-state index contributed by atoms with van der Waals surface area (Å²) >= 11 is 1.53. The number of rotatable bonds is 6. The second kappa shape index (κ2) is 7.24. The van der Waals surface area contributed by atoms with Crippen LogP contribution in [0.3, 0.4) is 0 Å². The molecule has 8 heteroatoms. The number of methoxy groups -OCH3 is 1. The van der Waals surface area contributed by atoms with E-state index in [1.807, 2.05) is 36.6 Å². The lowest BCUT2D eigenvalue weighted by Crippen LogP contribution is -2.30. The maximum absolute atomic E-state index is 12.9. The number of benzene rings is 1. The predicted octanol–water partition coefficient (Wildman–Crippen LogP) is 4.22. The van der Waals surface area contributed by atoms with Crippen LogP contribution < -0.4 is 4.74 Å². The van der Waals surface area contributed by atoms with Crippen LogP contribution >= 0.6 is 11.3 Å². The Morgan fingerprint density at radius 3 is 2.93 bits per heavy atom. The van der Waals surface area contributed by atoms with Crippen molar-refractivity contribution in [1.29, 1.82) is 0 Å². The lowest BCUT2D eigenvalue weighted by Gasteiger charge is -2.16. The van der Waals surface area contributed by atoms with Gasteiger partial charge in [0.25, 0.3) is 5.91 Å². The molecule has 0 atom stereocenters. The molecule has 0 N–H and O–H groups in total. The minimum atomic E-state index is -0.244. The van der Waals surface area contributed by atoms with Crippen LogP contribution in [0.25, 0.3) is 21.7 Å². The summed E-state index contributed by atoms with van der Waals surface area (Å²) in [6.45, 7) is 2.57. The zero-order chi connectivity index (χ0) is 18.8. The average molecular weight is 383 g/mol. The van der Waals surface area contributed by atoms with Crippen LogP contribution in [-0.4, -0.2) is 34.6 Å². The second-order valence-electron chi connectivity index (χ2n) is 5.80. The van der Waals surface area contributed by atoms with E-state index in [1.54, 1.807) is 24.1 Å². The second-order valence-corrected chi connectivity index (χ2v) is 6.75. The van der Waals surface area contributed by atoms with Gasteiger partial charge in [-0.25, -0.2) is 0 Å². The topological polar surface area (TPSA) is 81.6 Å². The van der Waals surface area contributed by atoms with Gasteiger partial charge in [0.15, 0.2) is 17.1 Å². The largest absolute Gasteiger partial charge is 0.493 e. The Kier molecular flexibility index (Phi) is 4.64. The van der Waals surface area contributed by atoms with Crippen LogP contribution in [0.2, 0.25) is 0 Å². The van der Waals surface area contributed by atoms with Crippen molar-refractivity contribution in [2.24, 2.45) is 0 Å². The zero-order valence-corrected chi connectivity index (χ0v) is 15.7. The van der Waals surface area contributed by atoms with Crippen LogP contribution in [-0.2, 0) is 6.54 Å². The number of amides is 1. The van der Waals surface area contributed by atoms with E-state index < -0.39 is 0 Å². The highest BCUT2D eigenvalue weighted by atomic mass is 32.1. The molecule has 3 aromatic heterocycles. The normalized spacial score (nSPS) is 11.0. The minimum absolute atomic E-state index is 0.210.